The Morgan fingerprint density at radius 3 is 2.62 bits per heavy atom. The van der Waals surface area contributed by atoms with Crippen molar-refractivity contribution in [2.75, 3.05) is 6.61 Å². The first-order valence-electron chi connectivity index (χ1n) is 6.74. The molecule has 0 aliphatic carbocycles. The van der Waals surface area contributed by atoms with E-state index in [9.17, 15) is 4.79 Å². The van der Waals surface area contributed by atoms with Crippen LogP contribution in [0, 0.1) is 0 Å². The van der Waals surface area contributed by atoms with Crippen molar-refractivity contribution in [1.82, 2.24) is 0 Å². The van der Waals surface area contributed by atoms with Crippen molar-refractivity contribution in [3.8, 4) is 11.5 Å². The summed E-state index contributed by atoms with van der Waals surface area (Å²) in [6.45, 7) is 4.04. The quantitative estimate of drug-likeness (QED) is 0.605. The Bertz CT molecular complexity index is 623. The first-order valence-corrected chi connectivity index (χ1v) is 7.12. The SMILES string of the molecule is CC(C)c1cccc(OCC(=O)Oc2ccccc2Cl)c1. The van der Waals surface area contributed by atoms with Gasteiger partial charge < -0.3 is 9.47 Å². The van der Waals surface area contributed by atoms with E-state index in [1.807, 2.05) is 24.3 Å². The van der Waals surface area contributed by atoms with E-state index in [2.05, 4.69) is 13.8 Å². The Morgan fingerprint density at radius 1 is 1.14 bits per heavy atom. The zero-order chi connectivity index (χ0) is 15.2. The van der Waals surface area contributed by atoms with Crippen LogP contribution in [0.2, 0.25) is 5.02 Å². The fourth-order valence-corrected chi connectivity index (χ4v) is 1.96. The zero-order valence-corrected chi connectivity index (χ0v) is 12.8. The van der Waals surface area contributed by atoms with Gasteiger partial charge in [-0.25, -0.2) is 4.79 Å². The smallest absolute Gasteiger partial charge is 0.349 e. The molecular formula is C17H17ClO3. The van der Waals surface area contributed by atoms with Gasteiger partial charge >= 0.3 is 5.97 Å². The summed E-state index contributed by atoms with van der Waals surface area (Å²) in [6, 6.07) is 14.5. The van der Waals surface area contributed by atoms with Crippen molar-refractivity contribution in [2.24, 2.45) is 0 Å². The molecule has 0 aliphatic rings. The standard InChI is InChI=1S/C17H17ClO3/c1-12(2)13-6-5-7-14(10-13)20-11-17(19)21-16-9-4-3-8-15(16)18/h3-10,12H,11H2,1-2H3. The highest BCUT2D eigenvalue weighted by Crippen LogP contribution is 2.23. The number of hydrogen-bond donors (Lipinski definition) is 0. The molecule has 0 heterocycles. The molecule has 0 fully saturated rings. The maximum absolute atomic E-state index is 11.8. The van der Waals surface area contributed by atoms with E-state index >= 15 is 0 Å². The molecule has 0 saturated carbocycles. The average Bonchev–Trinajstić information content (AvgIpc) is 2.48. The summed E-state index contributed by atoms with van der Waals surface area (Å²) >= 11 is 5.92. The van der Waals surface area contributed by atoms with E-state index in [1.165, 1.54) is 0 Å². The number of para-hydroxylation sites is 1. The van der Waals surface area contributed by atoms with Gasteiger partial charge in [0.15, 0.2) is 6.61 Å². The number of ether oxygens (including phenoxy) is 2. The van der Waals surface area contributed by atoms with Crippen LogP contribution in [0.5, 0.6) is 11.5 Å². The van der Waals surface area contributed by atoms with Crippen LogP contribution in [0.1, 0.15) is 25.3 Å². The first kappa shape index (κ1) is 15.4. The third kappa shape index (κ3) is 4.50. The largest absolute Gasteiger partial charge is 0.482 e. The molecule has 0 amide bonds. The molecule has 3 nitrogen and oxygen atoms in total. The van der Waals surface area contributed by atoms with Crippen molar-refractivity contribution in [1.29, 1.82) is 0 Å². The molecule has 21 heavy (non-hydrogen) atoms. The number of halogens is 1. The first-order chi connectivity index (χ1) is 10.1. The molecule has 4 heteroatoms. The highest BCUT2D eigenvalue weighted by Gasteiger charge is 2.09. The van der Waals surface area contributed by atoms with E-state index < -0.39 is 5.97 Å². The van der Waals surface area contributed by atoms with E-state index in [1.54, 1.807) is 24.3 Å². The van der Waals surface area contributed by atoms with E-state index in [-0.39, 0.29) is 6.61 Å². The van der Waals surface area contributed by atoms with Crippen LogP contribution in [0.25, 0.3) is 0 Å². The Balaban J connectivity index is 1.92. The molecule has 110 valence electrons. The number of carbonyl (C=O) groups is 1. The van der Waals surface area contributed by atoms with Crippen molar-refractivity contribution >= 4 is 17.6 Å². The molecule has 0 radical (unpaired) electrons. The molecule has 0 spiro atoms. The minimum atomic E-state index is -0.488. The summed E-state index contributed by atoms with van der Waals surface area (Å²) in [5.41, 5.74) is 1.16. The fraction of sp³-hybridized carbons (Fsp3) is 0.235. The number of esters is 1. The van der Waals surface area contributed by atoms with Gasteiger partial charge in [-0.15, -0.1) is 0 Å². The summed E-state index contributed by atoms with van der Waals surface area (Å²) in [7, 11) is 0. The lowest BCUT2D eigenvalue weighted by Crippen LogP contribution is -2.17. The lowest BCUT2D eigenvalue weighted by atomic mass is 10.0. The second kappa shape index (κ2) is 7.14. The van der Waals surface area contributed by atoms with Gasteiger partial charge in [0, 0.05) is 0 Å². The van der Waals surface area contributed by atoms with Crippen LogP contribution < -0.4 is 9.47 Å². The van der Waals surface area contributed by atoms with E-state index in [0.29, 0.717) is 22.4 Å². The normalized spacial score (nSPS) is 10.5. The van der Waals surface area contributed by atoms with Gasteiger partial charge in [0.2, 0.25) is 0 Å². The lowest BCUT2D eigenvalue weighted by Gasteiger charge is -2.10. The molecule has 2 rings (SSSR count). The maximum Gasteiger partial charge on any atom is 0.349 e. The zero-order valence-electron chi connectivity index (χ0n) is 12.0. The van der Waals surface area contributed by atoms with Crippen LogP contribution in [0.3, 0.4) is 0 Å². The van der Waals surface area contributed by atoms with Crippen molar-refractivity contribution < 1.29 is 14.3 Å². The van der Waals surface area contributed by atoms with Crippen molar-refractivity contribution in [3.63, 3.8) is 0 Å². The Labute approximate surface area is 129 Å². The molecule has 2 aromatic carbocycles. The number of hydrogen-bond acceptors (Lipinski definition) is 3. The number of carbonyl (C=O) groups excluding carboxylic acids is 1. The fourth-order valence-electron chi connectivity index (χ4n) is 1.79. The molecule has 0 unspecified atom stereocenters. The van der Waals surface area contributed by atoms with Crippen molar-refractivity contribution in [2.45, 2.75) is 19.8 Å². The van der Waals surface area contributed by atoms with Crippen LogP contribution in [-0.2, 0) is 4.79 Å². The van der Waals surface area contributed by atoms with E-state index in [0.717, 1.165) is 5.56 Å². The minimum Gasteiger partial charge on any atom is -0.482 e. The highest BCUT2D eigenvalue weighted by atomic mass is 35.5. The predicted octanol–water partition coefficient (Wildman–Crippen LogP) is 4.45. The molecule has 0 N–H and O–H groups in total. The molecule has 0 aromatic heterocycles. The van der Waals surface area contributed by atoms with Crippen LogP contribution >= 0.6 is 11.6 Å². The van der Waals surface area contributed by atoms with Gasteiger partial charge in [0.25, 0.3) is 0 Å². The van der Waals surface area contributed by atoms with Gasteiger partial charge in [-0.2, -0.15) is 0 Å². The lowest BCUT2D eigenvalue weighted by molar-refractivity contribution is -0.136. The Kier molecular flexibility index (Phi) is 5.23. The highest BCUT2D eigenvalue weighted by molar-refractivity contribution is 6.32. The van der Waals surface area contributed by atoms with Gasteiger partial charge in [-0.05, 0) is 35.7 Å². The minimum absolute atomic E-state index is 0.160. The average molecular weight is 305 g/mol. The van der Waals surface area contributed by atoms with E-state index in [4.69, 9.17) is 21.1 Å². The molecule has 0 bridgehead atoms. The number of rotatable bonds is 5. The van der Waals surface area contributed by atoms with Gasteiger partial charge in [-0.1, -0.05) is 49.7 Å². The maximum atomic E-state index is 11.8. The third-order valence-corrected chi connectivity index (χ3v) is 3.25. The predicted molar refractivity (Wildman–Crippen MR) is 83.1 cm³/mol. The summed E-state index contributed by atoms with van der Waals surface area (Å²) in [4.78, 5) is 11.8. The third-order valence-electron chi connectivity index (χ3n) is 2.94. The molecular weight excluding hydrogens is 288 g/mol. The van der Waals surface area contributed by atoms with Gasteiger partial charge in [0.05, 0.1) is 5.02 Å². The summed E-state index contributed by atoms with van der Waals surface area (Å²) in [6.07, 6.45) is 0. The topological polar surface area (TPSA) is 35.5 Å². The second-order valence-electron chi connectivity index (χ2n) is 4.92. The second-order valence-corrected chi connectivity index (χ2v) is 5.33. The van der Waals surface area contributed by atoms with Crippen molar-refractivity contribution in [3.05, 3.63) is 59.1 Å². The summed E-state index contributed by atoms with van der Waals surface area (Å²) in [5, 5.41) is 0.396. The molecule has 0 atom stereocenters. The molecule has 2 aromatic rings. The van der Waals surface area contributed by atoms with Crippen LogP contribution in [-0.4, -0.2) is 12.6 Å². The Hall–Kier alpha value is -2.00. The summed E-state index contributed by atoms with van der Waals surface area (Å²) < 4.78 is 10.6. The monoisotopic (exact) mass is 304 g/mol. The molecule has 0 aliphatic heterocycles. The summed E-state index contributed by atoms with van der Waals surface area (Å²) in [5.74, 6) is 0.905. The van der Waals surface area contributed by atoms with Gasteiger partial charge in [0.1, 0.15) is 11.5 Å². The molecule has 0 saturated heterocycles. The van der Waals surface area contributed by atoms with Gasteiger partial charge in [-0.3, -0.25) is 0 Å². The van der Waals surface area contributed by atoms with Crippen LogP contribution in [0.4, 0.5) is 0 Å². The number of benzene rings is 2. The Morgan fingerprint density at radius 2 is 1.90 bits per heavy atom. The van der Waals surface area contributed by atoms with Crippen LogP contribution in [0.15, 0.2) is 48.5 Å².